The third-order valence-corrected chi connectivity index (χ3v) is 4.35. The Bertz CT molecular complexity index is 641. The van der Waals surface area contributed by atoms with Crippen molar-refractivity contribution in [2.24, 2.45) is 7.05 Å². The first-order chi connectivity index (χ1) is 11.1. The summed E-state index contributed by atoms with van der Waals surface area (Å²) in [6.45, 7) is 2.68. The van der Waals surface area contributed by atoms with E-state index in [9.17, 15) is 4.79 Å². The summed E-state index contributed by atoms with van der Waals surface area (Å²) in [6, 6.07) is 6.40. The molecule has 0 spiro atoms. The van der Waals surface area contributed by atoms with Crippen LogP contribution in [0.3, 0.4) is 0 Å². The van der Waals surface area contributed by atoms with Crippen molar-refractivity contribution < 1.29 is 14.6 Å². The molecule has 0 amide bonds. The smallest absolute Gasteiger partial charge is 0.335 e. The van der Waals surface area contributed by atoms with Crippen LogP contribution < -0.4 is 4.74 Å². The molecule has 1 aromatic carbocycles. The van der Waals surface area contributed by atoms with Crippen molar-refractivity contribution in [3.8, 4) is 5.75 Å². The number of carboxylic acid groups (broad SMARTS) is 1. The molecular formula is C16H21N3O3S. The second-order valence-corrected chi connectivity index (χ2v) is 6.15. The molecule has 0 bridgehead atoms. The topological polar surface area (TPSA) is 77.2 Å². The van der Waals surface area contributed by atoms with E-state index in [1.54, 1.807) is 23.9 Å². The number of aromatic nitrogens is 3. The van der Waals surface area contributed by atoms with Gasteiger partial charge in [-0.25, -0.2) is 4.79 Å². The highest BCUT2D eigenvalue weighted by Crippen LogP contribution is 2.17. The summed E-state index contributed by atoms with van der Waals surface area (Å²) in [4.78, 5) is 10.8. The molecule has 0 fully saturated rings. The van der Waals surface area contributed by atoms with Gasteiger partial charge in [-0.1, -0.05) is 25.1 Å². The maximum Gasteiger partial charge on any atom is 0.335 e. The van der Waals surface area contributed by atoms with E-state index in [1.165, 1.54) is 12.1 Å². The first kappa shape index (κ1) is 17.3. The zero-order chi connectivity index (χ0) is 16.7. The van der Waals surface area contributed by atoms with E-state index >= 15 is 0 Å². The van der Waals surface area contributed by atoms with Crippen molar-refractivity contribution in [3.05, 3.63) is 35.7 Å². The van der Waals surface area contributed by atoms with Crippen LogP contribution in [-0.4, -0.2) is 38.2 Å². The van der Waals surface area contributed by atoms with Gasteiger partial charge in [-0.2, -0.15) is 0 Å². The summed E-state index contributed by atoms with van der Waals surface area (Å²) >= 11 is 1.60. The maximum absolute atomic E-state index is 10.8. The molecule has 23 heavy (non-hydrogen) atoms. The van der Waals surface area contributed by atoms with Gasteiger partial charge in [0.25, 0.3) is 0 Å². The summed E-state index contributed by atoms with van der Waals surface area (Å²) in [5, 5.41) is 18.1. The van der Waals surface area contributed by atoms with Crippen LogP contribution in [0.1, 0.15) is 35.9 Å². The Kier molecular flexibility index (Phi) is 6.46. The molecule has 124 valence electrons. The monoisotopic (exact) mass is 335 g/mol. The van der Waals surface area contributed by atoms with Crippen LogP contribution in [0, 0.1) is 0 Å². The minimum atomic E-state index is -0.937. The van der Waals surface area contributed by atoms with Crippen LogP contribution >= 0.6 is 11.8 Å². The van der Waals surface area contributed by atoms with Gasteiger partial charge in [0.1, 0.15) is 11.6 Å². The van der Waals surface area contributed by atoms with Crippen LogP contribution in [0.2, 0.25) is 0 Å². The first-order valence-corrected chi connectivity index (χ1v) is 8.57. The summed E-state index contributed by atoms with van der Waals surface area (Å²) in [7, 11) is 1.98. The Balaban J connectivity index is 1.77. The van der Waals surface area contributed by atoms with Crippen LogP contribution in [0.15, 0.2) is 29.4 Å². The van der Waals surface area contributed by atoms with Crippen molar-refractivity contribution in [1.82, 2.24) is 14.8 Å². The second-order valence-electron chi connectivity index (χ2n) is 5.09. The number of unbranched alkanes of at least 4 members (excludes halogenated alkanes) is 1. The predicted octanol–water partition coefficient (Wildman–Crippen LogP) is 3.03. The van der Waals surface area contributed by atoms with Gasteiger partial charge in [-0.15, -0.1) is 10.2 Å². The number of nitrogens with zero attached hydrogens (tertiary/aromatic N) is 3. The number of hydrogen-bond donors (Lipinski definition) is 1. The van der Waals surface area contributed by atoms with Crippen molar-refractivity contribution in [1.29, 1.82) is 0 Å². The molecule has 0 radical (unpaired) electrons. The summed E-state index contributed by atoms with van der Waals surface area (Å²) in [6.07, 6.45) is 3.21. The number of carbonyl (C=O) groups is 1. The number of ether oxygens (including phenoxy) is 1. The van der Waals surface area contributed by atoms with Crippen LogP contribution in [0.5, 0.6) is 5.75 Å². The van der Waals surface area contributed by atoms with Gasteiger partial charge in [0.2, 0.25) is 0 Å². The van der Waals surface area contributed by atoms with E-state index in [1.807, 2.05) is 11.6 Å². The van der Waals surface area contributed by atoms with E-state index in [2.05, 4.69) is 17.1 Å². The molecule has 2 rings (SSSR count). The molecule has 6 nitrogen and oxygen atoms in total. The third kappa shape index (κ3) is 4.99. The molecule has 2 aromatic rings. The second kappa shape index (κ2) is 8.57. The van der Waals surface area contributed by atoms with Crippen LogP contribution in [0.4, 0.5) is 0 Å². The standard InChI is InChI=1S/C16H21N3O3S/c1-3-4-5-14-17-18-16(19(14)2)23-11-10-22-13-8-6-12(7-9-13)15(20)21/h6-9H,3-5,10-11H2,1-2H3,(H,20,21). The molecule has 1 aromatic heterocycles. The third-order valence-electron chi connectivity index (χ3n) is 3.36. The molecule has 0 aliphatic rings. The minimum absolute atomic E-state index is 0.255. The summed E-state index contributed by atoms with van der Waals surface area (Å²) < 4.78 is 7.63. The van der Waals surface area contributed by atoms with Gasteiger partial charge in [-0.3, -0.25) is 0 Å². The number of aromatic carboxylic acids is 1. The molecule has 0 saturated carbocycles. The lowest BCUT2D eigenvalue weighted by Gasteiger charge is -2.06. The lowest BCUT2D eigenvalue weighted by Crippen LogP contribution is -2.03. The lowest BCUT2D eigenvalue weighted by molar-refractivity contribution is 0.0697. The van der Waals surface area contributed by atoms with Gasteiger partial charge < -0.3 is 14.4 Å². The maximum atomic E-state index is 10.8. The Morgan fingerprint density at radius 3 is 2.70 bits per heavy atom. The van der Waals surface area contributed by atoms with E-state index in [-0.39, 0.29) is 5.56 Å². The lowest BCUT2D eigenvalue weighted by atomic mass is 10.2. The fourth-order valence-electron chi connectivity index (χ4n) is 2.01. The van der Waals surface area contributed by atoms with Crippen LogP contribution in [0.25, 0.3) is 0 Å². The Labute approximate surface area is 139 Å². The average Bonchev–Trinajstić information content (AvgIpc) is 2.90. The molecule has 0 aliphatic carbocycles. The summed E-state index contributed by atoms with van der Waals surface area (Å²) in [5.74, 6) is 1.49. The van der Waals surface area contributed by atoms with E-state index in [4.69, 9.17) is 9.84 Å². The SMILES string of the molecule is CCCCc1nnc(SCCOc2ccc(C(=O)O)cc2)n1C. The van der Waals surface area contributed by atoms with Crippen molar-refractivity contribution >= 4 is 17.7 Å². The Morgan fingerprint density at radius 2 is 2.04 bits per heavy atom. The van der Waals surface area contributed by atoms with Crippen molar-refractivity contribution in [3.63, 3.8) is 0 Å². The van der Waals surface area contributed by atoms with Gasteiger partial charge in [0.05, 0.1) is 12.2 Å². The fraction of sp³-hybridized carbons (Fsp3) is 0.438. The molecule has 0 unspecified atom stereocenters. The van der Waals surface area contributed by atoms with Crippen molar-refractivity contribution in [2.75, 3.05) is 12.4 Å². The number of carboxylic acids is 1. The summed E-state index contributed by atoms with van der Waals surface area (Å²) in [5.41, 5.74) is 0.255. The molecule has 0 saturated heterocycles. The highest BCUT2D eigenvalue weighted by molar-refractivity contribution is 7.99. The highest BCUT2D eigenvalue weighted by atomic mass is 32.2. The molecular weight excluding hydrogens is 314 g/mol. The molecule has 0 aliphatic heterocycles. The largest absolute Gasteiger partial charge is 0.493 e. The van der Waals surface area contributed by atoms with Gasteiger partial charge in [0.15, 0.2) is 5.16 Å². The number of aryl methyl sites for hydroxylation is 1. The van der Waals surface area contributed by atoms with E-state index in [0.29, 0.717) is 12.4 Å². The Morgan fingerprint density at radius 1 is 1.30 bits per heavy atom. The predicted molar refractivity (Wildman–Crippen MR) is 89.2 cm³/mol. The quantitative estimate of drug-likeness (QED) is 0.561. The van der Waals surface area contributed by atoms with E-state index in [0.717, 1.165) is 36.0 Å². The zero-order valence-electron chi connectivity index (χ0n) is 13.4. The Hall–Kier alpha value is -2.02. The fourth-order valence-corrected chi connectivity index (χ4v) is 2.76. The average molecular weight is 335 g/mol. The normalized spacial score (nSPS) is 10.7. The minimum Gasteiger partial charge on any atom is -0.493 e. The van der Waals surface area contributed by atoms with Gasteiger partial charge >= 0.3 is 5.97 Å². The highest BCUT2D eigenvalue weighted by Gasteiger charge is 2.08. The van der Waals surface area contributed by atoms with Gasteiger partial charge in [0, 0.05) is 19.2 Å². The molecule has 7 heteroatoms. The molecule has 0 atom stereocenters. The number of benzene rings is 1. The number of hydrogen-bond acceptors (Lipinski definition) is 5. The van der Waals surface area contributed by atoms with Crippen molar-refractivity contribution in [2.45, 2.75) is 31.3 Å². The molecule has 1 heterocycles. The van der Waals surface area contributed by atoms with E-state index < -0.39 is 5.97 Å². The number of rotatable bonds is 9. The first-order valence-electron chi connectivity index (χ1n) is 7.59. The zero-order valence-corrected chi connectivity index (χ0v) is 14.2. The molecule has 1 N–H and O–H groups in total. The number of thioether (sulfide) groups is 1. The van der Waals surface area contributed by atoms with Gasteiger partial charge in [-0.05, 0) is 30.7 Å². The van der Waals surface area contributed by atoms with Crippen LogP contribution in [-0.2, 0) is 13.5 Å².